The molecule has 1 aliphatic rings. The Labute approximate surface area is 172 Å². The van der Waals surface area contributed by atoms with Gasteiger partial charge in [0.25, 0.3) is 5.91 Å². The van der Waals surface area contributed by atoms with Crippen LogP contribution >= 0.6 is 22.9 Å². The minimum Gasteiger partial charge on any atom is -0.493 e. The third kappa shape index (κ3) is 3.47. The second-order valence-electron chi connectivity index (χ2n) is 6.43. The van der Waals surface area contributed by atoms with E-state index in [1.54, 1.807) is 43.8 Å². The average molecular weight is 418 g/mol. The number of methoxy groups -OCH3 is 2. The lowest BCUT2D eigenvalue weighted by Gasteiger charge is -2.34. The summed E-state index contributed by atoms with van der Waals surface area (Å²) in [7, 11) is 3.14. The van der Waals surface area contributed by atoms with E-state index in [0.29, 0.717) is 35.2 Å². The van der Waals surface area contributed by atoms with Crippen molar-refractivity contribution in [3.8, 4) is 11.5 Å². The topological polar surface area (TPSA) is 54.9 Å². The molecule has 1 fully saturated rings. The Morgan fingerprint density at radius 2 is 1.82 bits per heavy atom. The van der Waals surface area contributed by atoms with Gasteiger partial charge in [-0.05, 0) is 30.3 Å². The summed E-state index contributed by atoms with van der Waals surface area (Å²) in [5.74, 6) is 1.16. The number of fused-ring (bicyclic) bond motifs is 1. The van der Waals surface area contributed by atoms with Gasteiger partial charge in [0.2, 0.25) is 0 Å². The minimum absolute atomic E-state index is 0.00653. The van der Waals surface area contributed by atoms with Crippen molar-refractivity contribution in [1.82, 2.24) is 9.88 Å². The van der Waals surface area contributed by atoms with E-state index < -0.39 is 0 Å². The second-order valence-corrected chi connectivity index (χ2v) is 7.85. The van der Waals surface area contributed by atoms with Crippen molar-refractivity contribution in [3.63, 3.8) is 0 Å². The highest BCUT2D eigenvalue weighted by Crippen LogP contribution is 2.33. The molecule has 0 bridgehead atoms. The maximum Gasteiger partial charge on any atom is 0.254 e. The van der Waals surface area contributed by atoms with Crippen LogP contribution < -0.4 is 14.4 Å². The quantitative estimate of drug-likeness (QED) is 0.643. The van der Waals surface area contributed by atoms with Crippen LogP contribution in [0.15, 0.2) is 36.4 Å². The fraction of sp³-hybridized carbons (Fsp3) is 0.300. The highest BCUT2D eigenvalue weighted by Gasteiger charge is 2.25. The number of benzene rings is 2. The number of thiazole rings is 1. The molecule has 1 aliphatic heterocycles. The Hall–Kier alpha value is -2.51. The number of aromatic nitrogens is 1. The molecule has 1 saturated heterocycles. The molecular weight excluding hydrogens is 398 g/mol. The Bertz CT molecular complexity index is 1020. The zero-order valence-corrected chi connectivity index (χ0v) is 17.2. The molecule has 146 valence electrons. The highest BCUT2D eigenvalue weighted by atomic mass is 35.5. The SMILES string of the molecule is COc1ccc(C(=O)N2CCN(c3nc4c(Cl)cccc4s3)CC2)cc1OC. The summed E-state index contributed by atoms with van der Waals surface area (Å²) < 4.78 is 11.6. The second kappa shape index (κ2) is 7.85. The maximum atomic E-state index is 12.9. The number of hydrogen-bond donors (Lipinski definition) is 0. The first-order valence-electron chi connectivity index (χ1n) is 8.92. The molecule has 2 aromatic carbocycles. The van der Waals surface area contributed by atoms with Gasteiger partial charge in [-0.15, -0.1) is 0 Å². The molecule has 0 radical (unpaired) electrons. The first kappa shape index (κ1) is 18.8. The van der Waals surface area contributed by atoms with E-state index in [4.69, 9.17) is 21.1 Å². The fourth-order valence-electron chi connectivity index (χ4n) is 3.29. The number of anilines is 1. The zero-order valence-electron chi connectivity index (χ0n) is 15.6. The normalized spacial score (nSPS) is 14.4. The van der Waals surface area contributed by atoms with Crippen molar-refractivity contribution in [2.45, 2.75) is 0 Å². The van der Waals surface area contributed by atoms with Gasteiger partial charge in [0.15, 0.2) is 16.6 Å². The van der Waals surface area contributed by atoms with Crippen LogP contribution in [0.1, 0.15) is 10.4 Å². The lowest BCUT2D eigenvalue weighted by molar-refractivity contribution is 0.0746. The van der Waals surface area contributed by atoms with Gasteiger partial charge in [-0.25, -0.2) is 4.98 Å². The van der Waals surface area contributed by atoms with Crippen molar-refractivity contribution in [2.24, 2.45) is 0 Å². The van der Waals surface area contributed by atoms with Crippen molar-refractivity contribution in [1.29, 1.82) is 0 Å². The summed E-state index contributed by atoms with van der Waals surface area (Å²) in [5.41, 5.74) is 1.44. The molecule has 0 saturated carbocycles. The number of hydrogen-bond acceptors (Lipinski definition) is 6. The standard InChI is InChI=1S/C20H20ClN3O3S/c1-26-15-7-6-13(12-16(15)27-2)19(25)23-8-10-24(11-9-23)20-22-18-14(21)4-3-5-17(18)28-20/h3-7,12H,8-11H2,1-2H3. The summed E-state index contributed by atoms with van der Waals surface area (Å²) in [6, 6.07) is 11.1. The van der Waals surface area contributed by atoms with Crippen molar-refractivity contribution < 1.29 is 14.3 Å². The number of carbonyl (C=O) groups is 1. The van der Waals surface area contributed by atoms with E-state index in [9.17, 15) is 4.79 Å². The van der Waals surface area contributed by atoms with Crippen LogP contribution in [-0.4, -0.2) is 56.2 Å². The number of ether oxygens (including phenoxy) is 2. The van der Waals surface area contributed by atoms with Crippen molar-refractivity contribution in [3.05, 3.63) is 47.0 Å². The molecule has 1 aromatic heterocycles. The van der Waals surface area contributed by atoms with Gasteiger partial charge < -0.3 is 19.3 Å². The summed E-state index contributed by atoms with van der Waals surface area (Å²) in [5, 5.41) is 1.61. The van der Waals surface area contributed by atoms with Gasteiger partial charge in [-0.3, -0.25) is 4.79 Å². The number of amides is 1. The lowest BCUT2D eigenvalue weighted by Crippen LogP contribution is -2.48. The predicted molar refractivity (Wildman–Crippen MR) is 112 cm³/mol. The van der Waals surface area contributed by atoms with Gasteiger partial charge in [0.1, 0.15) is 5.52 Å². The number of carbonyl (C=O) groups excluding carboxylic acids is 1. The van der Waals surface area contributed by atoms with Crippen LogP contribution in [0.2, 0.25) is 5.02 Å². The molecule has 1 amide bonds. The van der Waals surface area contributed by atoms with E-state index in [2.05, 4.69) is 9.88 Å². The Morgan fingerprint density at radius 3 is 2.50 bits per heavy atom. The Balaban J connectivity index is 1.46. The van der Waals surface area contributed by atoms with Crippen LogP contribution in [0.4, 0.5) is 5.13 Å². The van der Waals surface area contributed by atoms with Crippen LogP contribution in [0.3, 0.4) is 0 Å². The number of rotatable bonds is 4. The maximum absolute atomic E-state index is 12.9. The summed E-state index contributed by atoms with van der Waals surface area (Å²) in [6.45, 7) is 2.74. The van der Waals surface area contributed by atoms with E-state index in [1.165, 1.54) is 0 Å². The van der Waals surface area contributed by atoms with Gasteiger partial charge >= 0.3 is 0 Å². The molecule has 0 unspecified atom stereocenters. The van der Waals surface area contributed by atoms with Gasteiger partial charge in [-0.1, -0.05) is 29.0 Å². The van der Waals surface area contributed by atoms with Crippen LogP contribution in [0, 0.1) is 0 Å². The Morgan fingerprint density at radius 1 is 1.07 bits per heavy atom. The molecule has 0 atom stereocenters. The smallest absolute Gasteiger partial charge is 0.254 e. The highest BCUT2D eigenvalue weighted by molar-refractivity contribution is 7.22. The molecule has 28 heavy (non-hydrogen) atoms. The first-order valence-corrected chi connectivity index (χ1v) is 10.1. The molecule has 3 aromatic rings. The third-order valence-corrected chi connectivity index (χ3v) is 6.21. The number of halogens is 1. The number of para-hydroxylation sites is 1. The molecule has 0 aliphatic carbocycles. The number of nitrogens with zero attached hydrogens (tertiary/aromatic N) is 3. The molecular formula is C20H20ClN3O3S. The summed E-state index contributed by atoms with van der Waals surface area (Å²) in [6.07, 6.45) is 0. The van der Waals surface area contributed by atoms with Crippen molar-refractivity contribution in [2.75, 3.05) is 45.3 Å². The first-order chi connectivity index (χ1) is 13.6. The minimum atomic E-state index is -0.00653. The fourth-order valence-corrected chi connectivity index (χ4v) is 4.61. The van der Waals surface area contributed by atoms with E-state index in [1.807, 2.05) is 23.1 Å². The molecule has 2 heterocycles. The predicted octanol–water partition coefficient (Wildman–Crippen LogP) is 3.93. The lowest BCUT2D eigenvalue weighted by atomic mass is 10.1. The monoisotopic (exact) mass is 417 g/mol. The van der Waals surface area contributed by atoms with E-state index in [-0.39, 0.29) is 5.91 Å². The van der Waals surface area contributed by atoms with Crippen molar-refractivity contribution >= 4 is 44.2 Å². The summed E-state index contributed by atoms with van der Waals surface area (Å²) >= 11 is 7.87. The largest absolute Gasteiger partial charge is 0.493 e. The number of piperazine rings is 1. The van der Waals surface area contributed by atoms with Gasteiger partial charge in [-0.2, -0.15) is 0 Å². The average Bonchev–Trinajstić information content (AvgIpc) is 3.18. The van der Waals surface area contributed by atoms with E-state index in [0.717, 1.165) is 28.4 Å². The summed E-state index contributed by atoms with van der Waals surface area (Å²) in [4.78, 5) is 21.6. The van der Waals surface area contributed by atoms with Gasteiger partial charge in [0, 0.05) is 31.7 Å². The van der Waals surface area contributed by atoms with Gasteiger partial charge in [0.05, 0.1) is 23.9 Å². The molecule has 4 rings (SSSR count). The molecule has 8 heteroatoms. The Kier molecular flexibility index (Phi) is 5.28. The van der Waals surface area contributed by atoms with Crippen LogP contribution in [0.25, 0.3) is 10.2 Å². The molecule has 0 spiro atoms. The zero-order chi connectivity index (χ0) is 19.7. The molecule has 6 nitrogen and oxygen atoms in total. The third-order valence-electron chi connectivity index (χ3n) is 4.83. The molecule has 0 N–H and O–H groups in total. The van der Waals surface area contributed by atoms with Crippen LogP contribution in [0.5, 0.6) is 11.5 Å². The van der Waals surface area contributed by atoms with Crippen LogP contribution in [-0.2, 0) is 0 Å². The van der Waals surface area contributed by atoms with E-state index >= 15 is 0 Å².